The number of hydrogen-bond acceptors (Lipinski definition) is 4. The summed E-state index contributed by atoms with van der Waals surface area (Å²) in [4.78, 5) is 4.11. The quantitative estimate of drug-likeness (QED) is 0.876. The van der Waals surface area contributed by atoms with Gasteiger partial charge in [0.2, 0.25) is 0 Å². The van der Waals surface area contributed by atoms with Crippen molar-refractivity contribution in [3.05, 3.63) is 46.8 Å². The van der Waals surface area contributed by atoms with Crippen molar-refractivity contribution in [3.63, 3.8) is 0 Å². The van der Waals surface area contributed by atoms with Gasteiger partial charge >= 0.3 is 0 Å². The molecule has 0 aliphatic rings. The largest absolute Gasteiger partial charge is 0.440 e. The van der Waals surface area contributed by atoms with Gasteiger partial charge in [0.15, 0.2) is 0 Å². The Kier molecular flexibility index (Phi) is 4.25. The zero-order valence-electron chi connectivity index (χ0n) is 9.34. The van der Waals surface area contributed by atoms with E-state index in [4.69, 9.17) is 10.2 Å². The van der Waals surface area contributed by atoms with Crippen LogP contribution in [0.15, 0.2) is 50.8 Å². The lowest BCUT2D eigenvalue weighted by Gasteiger charge is -2.18. The second kappa shape index (κ2) is 5.71. The van der Waals surface area contributed by atoms with Crippen molar-refractivity contribution in [3.8, 4) is 0 Å². The molecule has 1 heterocycles. The van der Waals surface area contributed by atoms with Crippen LogP contribution >= 0.6 is 27.7 Å². The number of benzene rings is 1. The summed E-state index contributed by atoms with van der Waals surface area (Å²) in [6.07, 6.45) is 3.21. The van der Waals surface area contributed by atoms with Crippen molar-refractivity contribution in [2.75, 3.05) is 0 Å². The molecule has 0 spiro atoms. The van der Waals surface area contributed by atoms with Crippen LogP contribution in [-0.2, 0) is 0 Å². The van der Waals surface area contributed by atoms with Crippen molar-refractivity contribution in [1.82, 2.24) is 4.98 Å². The number of nitrogens with two attached hydrogens (primary N) is 1. The minimum absolute atomic E-state index is 0.0214. The first kappa shape index (κ1) is 12.7. The molecule has 0 radical (unpaired) electrons. The Balaban J connectivity index is 2.20. The van der Waals surface area contributed by atoms with Crippen molar-refractivity contribution in [2.24, 2.45) is 5.73 Å². The molecule has 0 fully saturated rings. The van der Waals surface area contributed by atoms with Crippen molar-refractivity contribution in [1.29, 1.82) is 0 Å². The Morgan fingerprint density at radius 2 is 2.06 bits per heavy atom. The zero-order valence-corrected chi connectivity index (χ0v) is 11.7. The average Bonchev–Trinajstić information content (AvgIpc) is 2.80. The van der Waals surface area contributed by atoms with Crippen LogP contribution in [0.5, 0.6) is 0 Å². The molecule has 17 heavy (non-hydrogen) atoms. The number of thioether (sulfide) groups is 1. The number of hydrogen-bond donors (Lipinski definition) is 1. The van der Waals surface area contributed by atoms with Gasteiger partial charge in [-0.25, -0.2) is 4.98 Å². The molecule has 90 valence electrons. The lowest BCUT2D eigenvalue weighted by molar-refractivity contribution is 0.452. The minimum atomic E-state index is 0.0214. The van der Waals surface area contributed by atoms with Crippen LogP contribution in [0.4, 0.5) is 0 Å². The van der Waals surface area contributed by atoms with Gasteiger partial charge < -0.3 is 10.2 Å². The smallest absolute Gasteiger partial charge is 0.256 e. The molecular formula is C12H13BrN2OS. The Morgan fingerprint density at radius 1 is 1.35 bits per heavy atom. The van der Waals surface area contributed by atoms with E-state index < -0.39 is 0 Å². The first-order valence-electron chi connectivity index (χ1n) is 5.24. The highest BCUT2D eigenvalue weighted by atomic mass is 79.9. The summed E-state index contributed by atoms with van der Waals surface area (Å²) in [6, 6.07) is 8.18. The first-order chi connectivity index (χ1) is 8.16. The van der Waals surface area contributed by atoms with Crippen molar-refractivity contribution >= 4 is 27.7 Å². The number of rotatable bonds is 4. The van der Waals surface area contributed by atoms with E-state index in [1.807, 2.05) is 19.1 Å². The highest BCUT2D eigenvalue weighted by Crippen LogP contribution is 2.36. The molecule has 0 aliphatic heterocycles. The molecule has 0 amide bonds. The van der Waals surface area contributed by atoms with E-state index in [0.29, 0.717) is 5.22 Å². The maximum atomic E-state index is 6.02. The van der Waals surface area contributed by atoms with Gasteiger partial charge in [0.05, 0.1) is 11.4 Å². The van der Waals surface area contributed by atoms with E-state index in [1.165, 1.54) is 5.56 Å². The fourth-order valence-electron chi connectivity index (χ4n) is 1.51. The van der Waals surface area contributed by atoms with E-state index in [9.17, 15) is 0 Å². The Bertz CT molecular complexity index is 456. The normalized spacial score (nSPS) is 14.5. The summed E-state index contributed by atoms with van der Waals surface area (Å²) in [5, 5.41) is 0.789. The molecule has 5 heteroatoms. The van der Waals surface area contributed by atoms with Gasteiger partial charge in [0.25, 0.3) is 5.22 Å². The molecular weight excluding hydrogens is 300 g/mol. The summed E-state index contributed by atoms with van der Waals surface area (Å²) in [5.41, 5.74) is 7.19. The fraction of sp³-hybridized carbons (Fsp3) is 0.250. The number of oxazole rings is 1. The van der Waals surface area contributed by atoms with Crippen LogP contribution in [0.25, 0.3) is 0 Å². The van der Waals surface area contributed by atoms with E-state index in [-0.39, 0.29) is 11.3 Å². The van der Waals surface area contributed by atoms with Crippen LogP contribution in [-0.4, -0.2) is 11.0 Å². The Hall–Kier alpha value is -0.780. The van der Waals surface area contributed by atoms with Crippen LogP contribution in [0, 0.1) is 0 Å². The standard InChI is InChI=1S/C12H13BrN2OS/c1-8(14)11(17-12-15-6-7-16-12)9-2-4-10(13)5-3-9/h2-8,11H,14H2,1H3. The van der Waals surface area contributed by atoms with Crippen LogP contribution in [0.1, 0.15) is 17.7 Å². The molecule has 2 atom stereocenters. The second-order valence-electron chi connectivity index (χ2n) is 3.75. The summed E-state index contributed by atoms with van der Waals surface area (Å²) in [7, 11) is 0. The third kappa shape index (κ3) is 3.34. The topological polar surface area (TPSA) is 52.0 Å². The van der Waals surface area contributed by atoms with Gasteiger partial charge in [0, 0.05) is 10.5 Å². The highest BCUT2D eigenvalue weighted by molar-refractivity contribution is 9.10. The van der Waals surface area contributed by atoms with Crippen LogP contribution in [0.2, 0.25) is 0 Å². The third-order valence-corrected chi connectivity index (χ3v) is 4.20. The summed E-state index contributed by atoms with van der Waals surface area (Å²) in [5.74, 6) is 0. The molecule has 0 saturated heterocycles. The zero-order chi connectivity index (χ0) is 12.3. The molecule has 0 aliphatic carbocycles. The molecule has 2 aromatic rings. The second-order valence-corrected chi connectivity index (χ2v) is 5.76. The summed E-state index contributed by atoms with van der Waals surface area (Å²) < 4.78 is 6.31. The van der Waals surface area contributed by atoms with Crippen LogP contribution < -0.4 is 5.73 Å². The molecule has 1 aromatic carbocycles. The van der Waals surface area contributed by atoms with Crippen molar-refractivity contribution < 1.29 is 4.42 Å². The van der Waals surface area contributed by atoms with Crippen molar-refractivity contribution in [2.45, 2.75) is 23.4 Å². The summed E-state index contributed by atoms with van der Waals surface area (Å²) in [6.45, 7) is 1.99. The SMILES string of the molecule is CC(N)C(Sc1ncco1)c1ccc(Br)cc1. The molecule has 2 rings (SSSR count). The van der Waals surface area contributed by atoms with E-state index in [2.05, 4.69) is 33.0 Å². The lowest BCUT2D eigenvalue weighted by atomic mass is 10.1. The van der Waals surface area contributed by atoms with Gasteiger partial charge in [-0.1, -0.05) is 39.8 Å². The molecule has 2 unspecified atom stereocenters. The maximum absolute atomic E-state index is 6.02. The Morgan fingerprint density at radius 3 is 2.59 bits per heavy atom. The number of aromatic nitrogens is 1. The average molecular weight is 313 g/mol. The molecule has 0 saturated carbocycles. The van der Waals surface area contributed by atoms with E-state index >= 15 is 0 Å². The Labute approximate surface area is 113 Å². The maximum Gasteiger partial charge on any atom is 0.256 e. The van der Waals surface area contributed by atoms with Gasteiger partial charge in [-0.2, -0.15) is 0 Å². The monoisotopic (exact) mass is 312 g/mol. The van der Waals surface area contributed by atoms with Gasteiger partial charge in [-0.05, 0) is 24.6 Å². The third-order valence-electron chi connectivity index (χ3n) is 2.31. The van der Waals surface area contributed by atoms with Crippen LogP contribution in [0.3, 0.4) is 0 Å². The molecule has 1 aromatic heterocycles. The van der Waals surface area contributed by atoms with Gasteiger partial charge in [0.1, 0.15) is 6.26 Å². The molecule has 2 N–H and O–H groups in total. The fourth-order valence-corrected chi connectivity index (χ4v) is 2.73. The van der Waals surface area contributed by atoms with E-state index in [1.54, 1.807) is 24.2 Å². The predicted molar refractivity (Wildman–Crippen MR) is 72.9 cm³/mol. The number of halogens is 1. The predicted octanol–water partition coefficient (Wildman–Crippen LogP) is 3.62. The lowest BCUT2D eigenvalue weighted by Crippen LogP contribution is -2.22. The highest BCUT2D eigenvalue weighted by Gasteiger charge is 2.19. The molecule has 0 bridgehead atoms. The number of nitrogens with zero attached hydrogens (tertiary/aromatic N) is 1. The minimum Gasteiger partial charge on any atom is -0.440 e. The van der Waals surface area contributed by atoms with Gasteiger partial charge in [-0.3, -0.25) is 0 Å². The summed E-state index contributed by atoms with van der Waals surface area (Å²) >= 11 is 4.97. The van der Waals surface area contributed by atoms with E-state index in [0.717, 1.165) is 4.47 Å². The molecule has 3 nitrogen and oxygen atoms in total. The van der Waals surface area contributed by atoms with Gasteiger partial charge in [-0.15, -0.1) is 0 Å². The first-order valence-corrected chi connectivity index (χ1v) is 6.91.